The van der Waals surface area contributed by atoms with E-state index in [1.54, 1.807) is 26.0 Å². The second-order valence-corrected chi connectivity index (χ2v) is 7.48. The van der Waals surface area contributed by atoms with Crippen molar-refractivity contribution >= 4 is 21.6 Å². The Hall–Kier alpha value is -1.66. The van der Waals surface area contributed by atoms with Crippen molar-refractivity contribution in [1.82, 2.24) is 4.72 Å². The summed E-state index contributed by atoms with van der Waals surface area (Å²) in [6.07, 6.45) is 6.66. The van der Waals surface area contributed by atoms with E-state index >= 15 is 0 Å². The number of nitrogens with one attached hydrogen (secondary N) is 2. The standard InChI is InChI=1S/C16H22N2O3S/c1-12(2)18-22(20,21)15-10-8-14(9-11-15)17-16(19)13-6-4-3-5-7-13/h3-4,8-13,18H,5-7H2,1-2H3,(H,17,19). The maximum atomic E-state index is 12.1. The Morgan fingerprint density at radius 2 is 1.86 bits per heavy atom. The van der Waals surface area contributed by atoms with Gasteiger partial charge in [0.2, 0.25) is 15.9 Å². The molecule has 1 aromatic carbocycles. The summed E-state index contributed by atoms with van der Waals surface area (Å²) >= 11 is 0. The third kappa shape index (κ3) is 4.42. The number of amides is 1. The minimum absolute atomic E-state index is 0.00369. The molecule has 1 aliphatic rings. The van der Waals surface area contributed by atoms with Gasteiger partial charge in [-0.05, 0) is 57.4 Å². The number of allylic oxidation sites excluding steroid dienone is 2. The smallest absolute Gasteiger partial charge is 0.240 e. The lowest BCUT2D eigenvalue weighted by atomic mass is 9.93. The van der Waals surface area contributed by atoms with Gasteiger partial charge in [-0.1, -0.05) is 12.2 Å². The largest absolute Gasteiger partial charge is 0.326 e. The Labute approximate surface area is 131 Å². The third-order valence-electron chi connectivity index (χ3n) is 3.46. The van der Waals surface area contributed by atoms with Crippen LogP contribution in [-0.2, 0) is 14.8 Å². The molecule has 120 valence electrons. The molecule has 0 aromatic heterocycles. The minimum Gasteiger partial charge on any atom is -0.326 e. The first-order valence-corrected chi connectivity index (χ1v) is 8.95. The van der Waals surface area contributed by atoms with E-state index in [9.17, 15) is 13.2 Å². The van der Waals surface area contributed by atoms with E-state index in [4.69, 9.17) is 0 Å². The lowest BCUT2D eigenvalue weighted by Crippen LogP contribution is -2.30. The van der Waals surface area contributed by atoms with Crippen LogP contribution < -0.4 is 10.0 Å². The van der Waals surface area contributed by atoms with E-state index in [-0.39, 0.29) is 22.8 Å². The molecule has 2 N–H and O–H groups in total. The zero-order valence-corrected chi connectivity index (χ0v) is 13.7. The zero-order chi connectivity index (χ0) is 16.2. The average molecular weight is 322 g/mol. The fourth-order valence-corrected chi connectivity index (χ4v) is 3.62. The summed E-state index contributed by atoms with van der Waals surface area (Å²) in [6, 6.07) is 6.07. The molecule has 0 spiro atoms. The van der Waals surface area contributed by atoms with Crippen molar-refractivity contribution < 1.29 is 13.2 Å². The fraction of sp³-hybridized carbons (Fsp3) is 0.438. The molecular formula is C16H22N2O3S. The molecular weight excluding hydrogens is 300 g/mol. The van der Waals surface area contributed by atoms with Gasteiger partial charge in [-0.15, -0.1) is 0 Å². The number of hydrogen-bond acceptors (Lipinski definition) is 3. The lowest BCUT2D eigenvalue weighted by molar-refractivity contribution is -0.120. The maximum Gasteiger partial charge on any atom is 0.240 e. The summed E-state index contributed by atoms with van der Waals surface area (Å²) in [7, 11) is -3.50. The number of anilines is 1. The van der Waals surface area contributed by atoms with Crippen LogP contribution in [0.3, 0.4) is 0 Å². The molecule has 2 rings (SSSR count). The van der Waals surface area contributed by atoms with Gasteiger partial charge in [-0.2, -0.15) is 0 Å². The first kappa shape index (κ1) is 16.7. The van der Waals surface area contributed by atoms with Crippen molar-refractivity contribution in [3.63, 3.8) is 0 Å². The van der Waals surface area contributed by atoms with E-state index in [0.717, 1.165) is 19.3 Å². The Balaban J connectivity index is 2.03. The molecule has 0 heterocycles. The predicted octanol–water partition coefficient (Wildman–Crippen LogP) is 2.67. The van der Waals surface area contributed by atoms with Crippen LogP contribution in [-0.4, -0.2) is 20.4 Å². The van der Waals surface area contributed by atoms with Crippen LogP contribution in [0.1, 0.15) is 33.1 Å². The predicted molar refractivity (Wildman–Crippen MR) is 87.0 cm³/mol. The molecule has 0 radical (unpaired) electrons. The Morgan fingerprint density at radius 3 is 2.41 bits per heavy atom. The summed E-state index contributed by atoms with van der Waals surface area (Å²) in [5, 5.41) is 2.84. The van der Waals surface area contributed by atoms with Crippen molar-refractivity contribution in [3.05, 3.63) is 36.4 Å². The van der Waals surface area contributed by atoms with Crippen LogP contribution in [0.25, 0.3) is 0 Å². The van der Waals surface area contributed by atoms with Gasteiger partial charge < -0.3 is 5.32 Å². The molecule has 0 saturated heterocycles. The monoisotopic (exact) mass is 322 g/mol. The van der Waals surface area contributed by atoms with Crippen LogP contribution in [0.4, 0.5) is 5.69 Å². The molecule has 0 aliphatic heterocycles. The fourth-order valence-electron chi connectivity index (χ4n) is 2.37. The molecule has 0 saturated carbocycles. The molecule has 0 fully saturated rings. The number of rotatable bonds is 5. The Bertz CT molecular complexity index is 648. The van der Waals surface area contributed by atoms with Crippen LogP contribution in [0, 0.1) is 5.92 Å². The van der Waals surface area contributed by atoms with Crippen LogP contribution in [0.5, 0.6) is 0 Å². The first-order chi connectivity index (χ1) is 10.4. The van der Waals surface area contributed by atoms with Crippen molar-refractivity contribution in [1.29, 1.82) is 0 Å². The van der Waals surface area contributed by atoms with Crippen LogP contribution in [0.2, 0.25) is 0 Å². The number of carbonyl (C=O) groups excluding carboxylic acids is 1. The molecule has 5 nitrogen and oxygen atoms in total. The van der Waals surface area contributed by atoms with Crippen molar-refractivity contribution in [3.8, 4) is 0 Å². The van der Waals surface area contributed by atoms with Gasteiger partial charge in [0, 0.05) is 17.6 Å². The molecule has 22 heavy (non-hydrogen) atoms. The molecule has 1 unspecified atom stereocenters. The van der Waals surface area contributed by atoms with Crippen LogP contribution in [0.15, 0.2) is 41.3 Å². The minimum atomic E-state index is -3.50. The molecule has 1 aromatic rings. The average Bonchev–Trinajstić information content (AvgIpc) is 2.47. The highest BCUT2D eigenvalue weighted by Gasteiger charge is 2.19. The summed E-state index contributed by atoms with van der Waals surface area (Å²) in [6.45, 7) is 3.54. The van der Waals surface area contributed by atoms with Gasteiger partial charge in [0.15, 0.2) is 0 Å². The topological polar surface area (TPSA) is 75.3 Å². The number of sulfonamides is 1. The quantitative estimate of drug-likeness (QED) is 0.818. The summed E-state index contributed by atoms with van der Waals surface area (Å²) < 4.78 is 26.6. The van der Waals surface area contributed by atoms with E-state index in [1.807, 2.05) is 6.08 Å². The second kappa shape index (κ2) is 7.07. The van der Waals surface area contributed by atoms with Crippen molar-refractivity contribution in [2.45, 2.75) is 44.0 Å². The van der Waals surface area contributed by atoms with Gasteiger partial charge in [-0.25, -0.2) is 13.1 Å². The van der Waals surface area contributed by atoms with Gasteiger partial charge in [0.1, 0.15) is 0 Å². The lowest BCUT2D eigenvalue weighted by Gasteiger charge is -2.17. The van der Waals surface area contributed by atoms with Gasteiger partial charge >= 0.3 is 0 Å². The van der Waals surface area contributed by atoms with E-state index in [0.29, 0.717) is 5.69 Å². The highest BCUT2D eigenvalue weighted by atomic mass is 32.2. The molecule has 1 aliphatic carbocycles. The highest BCUT2D eigenvalue weighted by Crippen LogP contribution is 2.21. The van der Waals surface area contributed by atoms with E-state index < -0.39 is 10.0 Å². The number of benzene rings is 1. The number of carbonyl (C=O) groups is 1. The summed E-state index contributed by atoms with van der Waals surface area (Å²) in [4.78, 5) is 12.3. The molecule has 1 atom stereocenters. The molecule has 6 heteroatoms. The van der Waals surface area contributed by atoms with Crippen molar-refractivity contribution in [2.75, 3.05) is 5.32 Å². The third-order valence-corrected chi connectivity index (χ3v) is 5.14. The van der Waals surface area contributed by atoms with Gasteiger partial charge in [0.25, 0.3) is 0 Å². The Morgan fingerprint density at radius 1 is 1.18 bits per heavy atom. The van der Waals surface area contributed by atoms with E-state index in [1.165, 1.54) is 12.1 Å². The number of hydrogen-bond donors (Lipinski definition) is 2. The Kier molecular flexibility index (Phi) is 5.37. The zero-order valence-electron chi connectivity index (χ0n) is 12.9. The van der Waals surface area contributed by atoms with Gasteiger partial charge in [0.05, 0.1) is 4.90 Å². The van der Waals surface area contributed by atoms with E-state index in [2.05, 4.69) is 16.1 Å². The maximum absolute atomic E-state index is 12.1. The first-order valence-electron chi connectivity index (χ1n) is 7.47. The summed E-state index contributed by atoms with van der Waals surface area (Å²) in [5.74, 6) is -0.0173. The summed E-state index contributed by atoms with van der Waals surface area (Å²) in [5.41, 5.74) is 0.614. The molecule has 1 amide bonds. The molecule has 0 bridgehead atoms. The normalized spacial score (nSPS) is 18.4. The highest BCUT2D eigenvalue weighted by molar-refractivity contribution is 7.89. The van der Waals surface area contributed by atoms with Gasteiger partial charge in [-0.3, -0.25) is 4.79 Å². The van der Waals surface area contributed by atoms with Crippen LogP contribution >= 0.6 is 0 Å². The SMILES string of the molecule is CC(C)NS(=O)(=O)c1ccc(NC(=O)C2CC=CCC2)cc1. The van der Waals surface area contributed by atoms with Crippen molar-refractivity contribution in [2.24, 2.45) is 5.92 Å². The second-order valence-electron chi connectivity index (χ2n) is 5.77.